The fraction of sp³-hybridized carbons (Fsp3) is 0.400. The maximum Gasteiger partial charge on any atom is 0.316 e. The Hall–Kier alpha value is -2.00. The molecule has 0 heterocycles. The molecule has 3 aromatic rings. The van der Waals surface area contributed by atoms with E-state index in [9.17, 15) is 4.79 Å². The van der Waals surface area contributed by atoms with Crippen LogP contribution in [0.3, 0.4) is 0 Å². The molecule has 1 aliphatic rings. The number of rotatable bonds is 6. The van der Waals surface area contributed by atoms with Gasteiger partial charge in [0, 0.05) is 5.75 Å². The summed E-state index contributed by atoms with van der Waals surface area (Å²) in [5.74, 6) is 1.20. The molecule has 3 heteroatoms. The fourth-order valence-electron chi connectivity index (χ4n) is 4.33. The molecule has 0 saturated heterocycles. The SMILES string of the molecule is CCC1(OC(=O)CSCc2ccc3cc4ccccc4cc3c2)CCCCC1. The van der Waals surface area contributed by atoms with Crippen LogP contribution in [0.4, 0.5) is 0 Å². The van der Waals surface area contributed by atoms with Gasteiger partial charge in [0.15, 0.2) is 0 Å². The van der Waals surface area contributed by atoms with Crippen molar-refractivity contribution in [2.75, 3.05) is 5.75 Å². The third kappa shape index (κ3) is 4.35. The van der Waals surface area contributed by atoms with Crippen molar-refractivity contribution >= 4 is 39.3 Å². The monoisotopic (exact) mass is 392 g/mol. The maximum atomic E-state index is 12.4. The Bertz CT molecular complexity index is 973. The zero-order valence-electron chi connectivity index (χ0n) is 16.6. The molecule has 0 atom stereocenters. The third-order valence-corrected chi connectivity index (χ3v) is 6.97. The number of benzene rings is 3. The highest BCUT2D eigenvalue weighted by Crippen LogP contribution is 2.34. The highest BCUT2D eigenvalue weighted by Gasteiger charge is 2.33. The van der Waals surface area contributed by atoms with Crippen LogP contribution in [-0.4, -0.2) is 17.3 Å². The summed E-state index contributed by atoms with van der Waals surface area (Å²) in [5, 5.41) is 5.05. The van der Waals surface area contributed by atoms with Gasteiger partial charge in [-0.1, -0.05) is 55.8 Å². The van der Waals surface area contributed by atoms with Gasteiger partial charge in [-0.25, -0.2) is 0 Å². The van der Waals surface area contributed by atoms with E-state index in [2.05, 4.69) is 61.5 Å². The van der Waals surface area contributed by atoms with Gasteiger partial charge in [0.1, 0.15) is 5.60 Å². The second-order valence-electron chi connectivity index (χ2n) is 7.94. The highest BCUT2D eigenvalue weighted by atomic mass is 32.2. The maximum absolute atomic E-state index is 12.4. The molecule has 0 bridgehead atoms. The lowest BCUT2D eigenvalue weighted by Gasteiger charge is -2.36. The van der Waals surface area contributed by atoms with Crippen LogP contribution in [0.1, 0.15) is 51.0 Å². The van der Waals surface area contributed by atoms with Crippen molar-refractivity contribution in [1.82, 2.24) is 0 Å². The van der Waals surface area contributed by atoms with Crippen LogP contribution < -0.4 is 0 Å². The van der Waals surface area contributed by atoms with E-state index >= 15 is 0 Å². The predicted octanol–water partition coefficient (Wildman–Crippen LogP) is 6.88. The molecule has 4 rings (SSSR count). The van der Waals surface area contributed by atoms with Gasteiger partial charge in [-0.2, -0.15) is 0 Å². The molecule has 1 fully saturated rings. The molecule has 0 spiro atoms. The van der Waals surface area contributed by atoms with E-state index in [0.29, 0.717) is 5.75 Å². The first-order valence-electron chi connectivity index (χ1n) is 10.4. The summed E-state index contributed by atoms with van der Waals surface area (Å²) in [7, 11) is 0. The average Bonchev–Trinajstić information content (AvgIpc) is 2.73. The number of thioether (sulfide) groups is 1. The van der Waals surface area contributed by atoms with Crippen molar-refractivity contribution in [2.45, 2.75) is 56.8 Å². The van der Waals surface area contributed by atoms with Gasteiger partial charge < -0.3 is 4.74 Å². The summed E-state index contributed by atoms with van der Waals surface area (Å²) in [6.07, 6.45) is 6.62. The van der Waals surface area contributed by atoms with Crippen LogP contribution in [0.15, 0.2) is 54.6 Å². The molecule has 2 nitrogen and oxygen atoms in total. The van der Waals surface area contributed by atoms with E-state index < -0.39 is 0 Å². The van der Waals surface area contributed by atoms with Crippen LogP contribution in [0.2, 0.25) is 0 Å². The van der Waals surface area contributed by atoms with Crippen LogP contribution in [0, 0.1) is 0 Å². The zero-order chi connectivity index (χ0) is 19.4. The first kappa shape index (κ1) is 19.3. The van der Waals surface area contributed by atoms with Gasteiger partial charge in [0.2, 0.25) is 0 Å². The number of hydrogen-bond donors (Lipinski definition) is 0. The lowest BCUT2D eigenvalue weighted by molar-refractivity contribution is -0.160. The number of esters is 1. The van der Waals surface area contributed by atoms with Crippen molar-refractivity contribution in [2.24, 2.45) is 0 Å². The second-order valence-corrected chi connectivity index (χ2v) is 8.93. The Morgan fingerprint density at radius 2 is 1.61 bits per heavy atom. The van der Waals surface area contributed by atoms with Crippen molar-refractivity contribution in [3.05, 3.63) is 60.2 Å². The van der Waals surface area contributed by atoms with Crippen molar-refractivity contribution in [3.8, 4) is 0 Å². The Morgan fingerprint density at radius 1 is 0.929 bits per heavy atom. The van der Waals surface area contributed by atoms with Crippen LogP contribution in [0.5, 0.6) is 0 Å². The summed E-state index contributed by atoms with van der Waals surface area (Å²) in [4.78, 5) is 12.4. The molecule has 0 amide bonds. The molecular weight excluding hydrogens is 364 g/mol. The number of ether oxygens (including phenoxy) is 1. The zero-order valence-corrected chi connectivity index (χ0v) is 17.4. The Kier molecular flexibility index (Phi) is 5.91. The van der Waals surface area contributed by atoms with Crippen molar-refractivity contribution in [3.63, 3.8) is 0 Å². The third-order valence-electron chi connectivity index (χ3n) is 6.00. The van der Waals surface area contributed by atoms with E-state index in [1.54, 1.807) is 11.8 Å². The number of fused-ring (bicyclic) bond motifs is 2. The molecule has 1 aliphatic carbocycles. The summed E-state index contributed by atoms with van der Waals surface area (Å²) >= 11 is 1.65. The summed E-state index contributed by atoms with van der Waals surface area (Å²) in [5.41, 5.74) is 1.06. The molecule has 0 N–H and O–H groups in total. The van der Waals surface area contributed by atoms with Crippen LogP contribution >= 0.6 is 11.8 Å². The van der Waals surface area contributed by atoms with Gasteiger partial charge in [-0.15, -0.1) is 11.8 Å². The normalized spacial score (nSPS) is 16.3. The van der Waals surface area contributed by atoms with E-state index in [4.69, 9.17) is 4.74 Å². The van der Waals surface area contributed by atoms with Crippen LogP contribution in [0.25, 0.3) is 21.5 Å². The number of carbonyl (C=O) groups excluding carboxylic acids is 1. The molecule has 0 radical (unpaired) electrons. The fourth-order valence-corrected chi connectivity index (χ4v) is 5.07. The minimum atomic E-state index is -0.195. The Labute approximate surface area is 171 Å². The molecule has 146 valence electrons. The van der Waals surface area contributed by atoms with E-state index in [0.717, 1.165) is 25.0 Å². The first-order chi connectivity index (χ1) is 13.7. The van der Waals surface area contributed by atoms with Gasteiger partial charge in [-0.3, -0.25) is 4.79 Å². The van der Waals surface area contributed by atoms with E-state index in [1.807, 2.05) is 0 Å². The smallest absolute Gasteiger partial charge is 0.316 e. The predicted molar refractivity (Wildman–Crippen MR) is 120 cm³/mol. The van der Waals surface area contributed by atoms with Crippen LogP contribution in [-0.2, 0) is 15.3 Å². The van der Waals surface area contributed by atoms with Gasteiger partial charge >= 0.3 is 5.97 Å². The second kappa shape index (κ2) is 8.57. The highest BCUT2D eigenvalue weighted by molar-refractivity contribution is 7.99. The lowest BCUT2D eigenvalue weighted by atomic mass is 9.83. The van der Waals surface area contributed by atoms with Crippen molar-refractivity contribution < 1.29 is 9.53 Å². The summed E-state index contributed by atoms with van der Waals surface area (Å²) < 4.78 is 5.92. The quantitative estimate of drug-likeness (QED) is 0.338. The molecule has 1 saturated carbocycles. The molecule has 3 aromatic carbocycles. The molecular formula is C25H28O2S. The minimum Gasteiger partial charge on any atom is -0.458 e. The van der Waals surface area contributed by atoms with Gasteiger partial charge in [0.25, 0.3) is 0 Å². The van der Waals surface area contributed by atoms with Gasteiger partial charge in [0.05, 0.1) is 5.75 Å². The van der Waals surface area contributed by atoms with E-state index in [-0.39, 0.29) is 11.6 Å². The van der Waals surface area contributed by atoms with Gasteiger partial charge in [-0.05, 0) is 71.3 Å². The largest absolute Gasteiger partial charge is 0.458 e. The summed E-state index contributed by atoms with van der Waals surface area (Å²) in [6.45, 7) is 2.14. The number of hydrogen-bond acceptors (Lipinski definition) is 3. The Morgan fingerprint density at radius 3 is 2.32 bits per heavy atom. The first-order valence-corrected chi connectivity index (χ1v) is 11.5. The topological polar surface area (TPSA) is 26.3 Å². The molecule has 0 unspecified atom stereocenters. The Balaban J connectivity index is 1.37. The van der Waals surface area contributed by atoms with Crippen molar-refractivity contribution in [1.29, 1.82) is 0 Å². The summed E-state index contributed by atoms with van der Waals surface area (Å²) in [6, 6.07) is 19.6. The minimum absolute atomic E-state index is 0.0551. The average molecular weight is 393 g/mol. The number of carbonyl (C=O) groups is 1. The lowest BCUT2D eigenvalue weighted by Crippen LogP contribution is -2.37. The van der Waals surface area contributed by atoms with E-state index in [1.165, 1.54) is 46.4 Å². The molecule has 0 aliphatic heterocycles. The standard InChI is InChI=1S/C25H28O2S/c1-2-25(12-6-3-7-13-25)27-24(26)18-28-17-19-10-11-22-15-20-8-4-5-9-21(20)16-23(22)14-19/h4-5,8-11,14-16H,2-3,6-7,12-13,17-18H2,1H3. The molecule has 0 aromatic heterocycles. The molecule has 28 heavy (non-hydrogen) atoms.